The molecule has 0 spiro atoms. The Balaban J connectivity index is 1.91. The smallest absolute Gasteiger partial charge is 0.115 e. The van der Waals surface area contributed by atoms with Crippen molar-refractivity contribution < 1.29 is 5.11 Å². The second kappa shape index (κ2) is 3.52. The van der Waals surface area contributed by atoms with Crippen molar-refractivity contribution in [3.05, 3.63) is 53.9 Å². The van der Waals surface area contributed by atoms with Gasteiger partial charge in [-0.15, -0.1) is 0 Å². The average molecular weight is 212 g/mol. The summed E-state index contributed by atoms with van der Waals surface area (Å²) in [6.07, 6.45) is 3.60. The Labute approximate surface area is 94.0 Å². The van der Waals surface area contributed by atoms with Crippen LogP contribution in [0.4, 0.5) is 5.69 Å². The van der Waals surface area contributed by atoms with E-state index in [9.17, 15) is 5.11 Å². The summed E-state index contributed by atoms with van der Waals surface area (Å²) in [4.78, 5) is 6.28. The SMILES string of the molecule is Oc1ccc2c(c1)CN(c1ccncc1)C2. The zero-order valence-corrected chi connectivity index (χ0v) is 8.80. The zero-order valence-electron chi connectivity index (χ0n) is 8.80. The first-order chi connectivity index (χ1) is 7.83. The van der Waals surface area contributed by atoms with E-state index in [1.165, 1.54) is 16.8 Å². The predicted molar refractivity (Wildman–Crippen MR) is 62.2 cm³/mol. The maximum atomic E-state index is 9.42. The predicted octanol–water partition coefficient (Wildman–Crippen LogP) is 2.31. The zero-order chi connectivity index (χ0) is 11.0. The lowest BCUT2D eigenvalue weighted by atomic mass is 10.1. The van der Waals surface area contributed by atoms with Gasteiger partial charge in [0.15, 0.2) is 0 Å². The van der Waals surface area contributed by atoms with Crippen LogP contribution in [0, 0.1) is 0 Å². The van der Waals surface area contributed by atoms with Crippen LogP contribution in [-0.2, 0) is 13.1 Å². The fourth-order valence-electron chi connectivity index (χ4n) is 2.12. The molecule has 2 aromatic rings. The van der Waals surface area contributed by atoms with E-state index in [-0.39, 0.29) is 0 Å². The van der Waals surface area contributed by atoms with Crippen LogP contribution in [-0.4, -0.2) is 10.1 Å². The summed E-state index contributed by atoms with van der Waals surface area (Å²) in [6, 6.07) is 9.59. The molecule has 1 aliphatic heterocycles. The Kier molecular flexibility index (Phi) is 2.03. The second-order valence-electron chi connectivity index (χ2n) is 4.01. The van der Waals surface area contributed by atoms with E-state index in [1.807, 2.05) is 24.3 Å². The van der Waals surface area contributed by atoms with Gasteiger partial charge >= 0.3 is 0 Å². The van der Waals surface area contributed by atoms with Crippen molar-refractivity contribution in [3.63, 3.8) is 0 Å². The Morgan fingerprint density at radius 1 is 1.00 bits per heavy atom. The van der Waals surface area contributed by atoms with Crippen molar-refractivity contribution in [2.75, 3.05) is 4.90 Å². The molecule has 1 aromatic heterocycles. The van der Waals surface area contributed by atoms with Crippen LogP contribution in [0.1, 0.15) is 11.1 Å². The van der Waals surface area contributed by atoms with E-state index in [0.717, 1.165) is 13.1 Å². The topological polar surface area (TPSA) is 36.4 Å². The highest BCUT2D eigenvalue weighted by atomic mass is 16.3. The number of phenols is 1. The number of benzene rings is 1. The molecule has 1 N–H and O–H groups in total. The van der Waals surface area contributed by atoms with Crippen LogP contribution in [0.15, 0.2) is 42.7 Å². The Bertz CT molecular complexity index is 511. The van der Waals surface area contributed by atoms with E-state index in [1.54, 1.807) is 18.5 Å². The molecule has 1 aliphatic rings. The molecule has 80 valence electrons. The lowest BCUT2D eigenvalue weighted by Crippen LogP contribution is -2.14. The van der Waals surface area contributed by atoms with E-state index < -0.39 is 0 Å². The summed E-state index contributed by atoms with van der Waals surface area (Å²) in [7, 11) is 0. The number of nitrogens with zero attached hydrogens (tertiary/aromatic N) is 2. The molecular weight excluding hydrogens is 200 g/mol. The minimum absolute atomic E-state index is 0.343. The molecule has 0 bridgehead atoms. The molecule has 0 saturated heterocycles. The highest BCUT2D eigenvalue weighted by Crippen LogP contribution is 2.29. The summed E-state index contributed by atoms with van der Waals surface area (Å²) in [5, 5.41) is 9.42. The molecule has 3 nitrogen and oxygen atoms in total. The Morgan fingerprint density at radius 3 is 2.56 bits per heavy atom. The highest BCUT2D eigenvalue weighted by molar-refractivity contribution is 5.51. The number of pyridine rings is 1. The first-order valence-electron chi connectivity index (χ1n) is 5.29. The van der Waals surface area contributed by atoms with Gasteiger partial charge in [0.1, 0.15) is 5.75 Å². The van der Waals surface area contributed by atoms with E-state index in [0.29, 0.717) is 5.75 Å². The third kappa shape index (κ3) is 1.50. The van der Waals surface area contributed by atoms with Crippen molar-refractivity contribution in [2.45, 2.75) is 13.1 Å². The van der Waals surface area contributed by atoms with E-state index in [4.69, 9.17) is 0 Å². The lowest BCUT2D eigenvalue weighted by molar-refractivity contribution is 0.474. The van der Waals surface area contributed by atoms with Crippen LogP contribution in [0.5, 0.6) is 5.75 Å². The molecule has 3 heteroatoms. The number of anilines is 1. The lowest BCUT2D eigenvalue weighted by Gasteiger charge is -2.16. The van der Waals surface area contributed by atoms with Crippen molar-refractivity contribution in [1.82, 2.24) is 4.98 Å². The van der Waals surface area contributed by atoms with Gasteiger partial charge in [-0.05, 0) is 35.4 Å². The number of phenolic OH excluding ortho intramolecular Hbond substituents is 1. The van der Waals surface area contributed by atoms with Gasteiger partial charge in [0.2, 0.25) is 0 Å². The normalized spacial score (nSPS) is 13.9. The molecular formula is C13H12N2O. The second-order valence-corrected chi connectivity index (χ2v) is 4.01. The summed E-state index contributed by atoms with van der Waals surface area (Å²) in [5.74, 6) is 0.343. The molecule has 16 heavy (non-hydrogen) atoms. The van der Waals surface area contributed by atoms with Crippen LogP contribution in [0.3, 0.4) is 0 Å². The Hall–Kier alpha value is -2.03. The van der Waals surface area contributed by atoms with E-state index in [2.05, 4.69) is 9.88 Å². The van der Waals surface area contributed by atoms with Crippen LogP contribution < -0.4 is 4.90 Å². The fraction of sp³-hybridized carbons (Fsp3) is 0.154. The quantitative estimate of drug-likeness (QED) is 0.788. The molecule has 0 amide bonds. The molecule has 0 saturated carbocycles. The minimum Gasteiger partial charge on any atom is -0.508 e. The van der Waals surface area contributed by atoms with Crippen LogP contribution in [0.2, 0.25) is 0 Å². The third-order valence-corrected chi connectivity index (χ3v) is 2.94. The van der Waals surface area contributed by atoms with Gasteiger partial charge in [-0.2, -0.15) is 0 Å². The standard InChI is InChI=1S/C13H12N2O/c16-13-2-1-10-8-15(9-11(10)7-13)12-3-5-14-6-4-12/h1-7,16H,8-9H2. The van der Waals surface area contributed by atoms with Crippen molar-refractivity contribution in [1.29, 1.82) is 0 Å². The number of aromatic hydroxyl groups is 1. The van der Waals surface area contributed by atoms with Gasteiger partial charge in [-0.3, -0.25) is 4.98 Å². The first-order valence-corrected chi connectivity index (χ1v) is 5.29. The number of rotatable bonds is 1. The Morgan fingerprint density at radius 2 is 1.75 bits per heavy atom. The van der Waals surface area contributed by atoms with Gasteiger partial charge < -0.3 is 10.0 Å². The molecule has 1 aromatic carbocycles. The number of aromatic nitrogens is 1. The van der Waals surface area contributed by atoms with Crippen molar-refractivity contribution in [3.8, 4) is 5.75 Å². The molecule has 0 atom stereocenters. The molecule has 0 radical (unpaired) electrons. The third-order valence-electron chi connectivity index (χ3n) is 2.94. The summed E-state index contributed by atoms with van der Waals surface area (Å²) in [5.41, 5.74) is 3.66. The average Bonchev–Trinajstić information content (AvgIpc) is 2.73. The summed E-state index contributed by atoms with van der Waals surface area (Å²) < 4.78 is 0. The van der Waals surface area contributed by atoms with Crippen LogP contribution >= 0.6 is 0 Å². The largest absolute Gasteiger partial charge is 0.508 e. The van der Waals surface area contributed by atoms with Crippen molar-refractivity contribution in [2.24, 2.45) is 0 Å². The maximum absolute atomic E-state index is 9.42. The first kappa shape index (κ1) is 9.21. The van der Waals surface area contributed by atoms with Gasteiger partial charge in [0, 0.05) is 31.2 Å². The molecule has 0 aliphatic carbocycles. The maximum Gasteiger partial charge on any atom is 0.115 e. The summed E-state index contributed by atoms with van der Waals surface area (Å²) in [6.45, 7) is 1.76. The van der Waals surface area contributed by atoms with Gasteiger partial charge in [-0.1, -0.05) is 6.07 Å². The van der Waals surface area contributed by atoms with Crippen molar-refractivity contribution >= 4 is 5.69 Å². The minimum atomic E-state index is 0.343. The fourth-order valence-corrected chi connectivity index (χ4v) is 2.12. The monoisotopic (exact) mass is 212 g/mol. The molecule has 0 fully saturated rings. The highest BCUT2D eigenvalue weighted by Gasteiger charge is 2.19. The van der Waals surface area contributed by atoms with Gasteiger partial charge in [0.25, 0.3) is 0 Å². The number of hydrogen-bond donors (Lipinski definition) is 1. The van der Waals surface area contributed by atoms with Gasteiger partial charge in [-0.25, -0.2) is 0 Å². The number of hydrogen-bond acceptors (Lipinski definition) is 3. The molecule has 2 heterocycles. The molecule has 3 rings (SSSR count). The summed E-state index contributed by atoms with van der Waals surface area (Å²) >= 11 is 0. The van der Waals surface area contributed by atoms with Gasteiger partial charge in [0.05, 0.1) is 0 Å². The van der Waals surface area contributed by atoms with E-state index >= 15 is 0 Å². The number of fused-ring (bicyclic) bond motifs is 1. The molecule has 0 unspecified atom stereocenters. The van der Waals surface area contributed by atoms with Crippen LogP contribution in [0.25, 0.3) is 0 Å².